The van der Waals surface area contributed by atoms with Crippen molar-refractivity contribution < 1.29 is 4.42 Å². The van der Waals surface area contributed by atoms with Gasteiger partial charge in [-0.15, -0.1) is 0 Å². The van der Waals surface area contributed by atoms with E-state index in [4.69, 9.17) is 10.2 Å². The Balaban J connectivity index is 2.96. The molecule has 0 saturated heterocycles. The SMILES string of the molecule is Nc1cccc2oc(=O)ncc12. The van der Waals surface area contributed by atoms with Crippen LogP contribution in [0.3, 0.4) is 0 Å². The molecule has 0 bridgehead atoms. The van der Waals surface area contributed by atoms with Crippen molar-refractivity contribution in [1.29, 1.82) is 0 Å². The maximum Gasteiger partial charge on any atom is 0.439 e. The van der Waals surface area contributed by atoms with Gasteiger partial charge in [0.1, 0.15) is 5.58 Å². The van der Waals surface area contributed by atoms with Crippen molar-refractivity contribution in [3.05, 3.63) is 34.9 Å². The first kappa shape index (κ1) is 6.84. The predicted molar refractivity (Wildman–Crippen MR) is 44.7 cm³/mol. The molecule has 4 heteroatoms. The first-order valence-corrected chi connectivity index (χ1v) is 3.42. The van der Waals surface area contributed by atoms with Gasteiger partial charge in [0.25, 0.3) is 0 Å². The van der Waals surface area contributed by atoms with Gasteiger partial charge in [0, 0.05) is 11.9 Å². The van der Waals surface area contributed by atoms with Crippen LogP contribution in [0.2, 0.25) is 0 Å². The molecule has 0 radical (unpaired) electrons. The van der Waals surface area contributed by atoms with Gasteiger partial charge in [0.05, 0.1) is 5.39 Å². The molecule has 0 aliphatic heterocycles. The number of nitrogens with zero attached hydrogens (tertiary/aromatic N) is 1. The van der Waals surface area contributed by atoms with Crippen LogP contribution in [0.5, 0.6) is 0 Å². The second kappa shape index (κ2) is 2.34. The standard InChI is InChI=1S/C8H6N2O2/c9-6-2-1-3-7-5(6)4-10-8(11)12-7/h1-4H,9H2. The molecule has 2 aromatic rings. The topological polar surface area (TPSA) is 69.1 Å². The Labute approximate surface area is 67.6 Å². The molecule has 0 unspecified atom stereocenters. The minimum absolute atomic E-state index is 0.468. The molecule has 0 atom stereocenters. The number of fused-ring (bicyclic) bond motifs is 1. The third-order valence-corrected chi connectivity index (χ3v) is 1.60. The lowest BCUT2D eigenvalue weighted by atomic mass is 10.2. The van der Waals surface area contributed by atoms with Gasteiger partial charge in [-0.3, -0.25) is 0 Å². The minimum Gasteiger partial charge on any atom is -0.408 e. The van der Waals surface area contributed by atoms with Crippen LogP contribution < -0.4 is 11.5 Å². The molecule has 0 fully saturated rings. The summed E-state index contributed by atoms with van der Waals surface area (Å²) in [5.41, 5.74) is 6.63. The fourth-order valence-electron chi connectivity index (χ4n) is 1.03. The Morgan fingerprint density at radius 3 is 3.08 bits per heavy atom. The predicted octanol–water partition coefficient (Wildman–Crippen LogP) is 0.770. The summed E-state index contributed by atoms with van der Waals surface area (Å²) < 4.78 is 4.80. The van der Waals surface area contributed by atoms with Crippen molar-refractivity contribution in [2.24, 2.45) is 0 Å². The van der Waals surface area contributed by atoms with Crippen molar-refractivity contribution in [1.82, 2.24) is 4.98 Å². The highest BCUT2D eigenvalue weighted by Crippen LogP contribution is 2.16. The van der Waals surface area contributed by atoms with Gasteiger partial charge >= 0.3 is 5.76 Å². The smallest absolute Gasteiger partial charge is 0.408 e. The lowest BCUT2D eigenvalue weighted by Crippen LogP contribution is -2.02. The molecule has 0 aliphatic carbocycles. The summed E-state index contributed by atoms with van der Waals surface area (Å²) in [6.45, 7) is 0. The second-order valence-electron chi connectivity index (χ2n) is 2.39. The van der Waals surface area contributed by atoms with Crippen LogP contribution in [0.15, 0.2) is 33.6 Å². The van der Waals surface area contributed by atoms with Crippen LogP contribution in [0.25, 0.3) is 11.0 Å². The molecule has 0 saturated carbocycles. The number of nitrogen functional groups attached to an aromatic ring is 1. The molecular weight excluding hydrogens is 156 g/mol. The maximum atomic E-state index is 10.7. The molecule has 0 amide bonds. The van der Waals surface area contributed by atoms with E-state index in [1.165, 1.54) is 6.20 Å². The normalized spacial score (nSPS) is 10.3. The molecular formula is C8H6N2O2. The summed E-state index contributed by atoms with van der Waals surface area (Å²) in [4.78, 5) is 14.1. The molecule has 0 spiro atoms. The summed E-state index contributed by atoms with van der Waals surface area (Å²) in [6, 6.07) is 5.12. The molecule has 1 aromatic heterocycles. The number of anilines is 1. The highest BCUT2D eigenvalue weighted by atomic mass is 16.4. The van der Waals surface area contributed by atoms with E-state index in [1.807, 2.05) is 0 Å². The van der Waals surface area contributed by atoms with E-state index in [2.05, 4.69) is 4.98 Å². The Hall–Kier alpha value is -1.84. The van der Waals surface area contributed by atoms with Gasteiger partial charge in [-0.05, 0) is 12.1 Å². The van der Waals surface area contributed by atoms with Crippen LogP contribution in [-0.2, 0) is 0 Å². The maximum absolute atomic E-state index is 10.7. The largest absolute Gasteiger partial charge is 0.439 e. The van der Waals surface area contributed by atoms with Gasteiger partial charge in [-0.2, -0.15) is 4.98 Å². The molecule has 4 nitrogen and oxygen atoms in total. The van der Waals surface area contributed by atoms with Crippen molar-refractivity contribution >= 4 is 16.7 Å². The lowest BCUT2D eigenvalue weighted by molar-refractivity contribution is 0.531. The van der Waals surface area contributed by atoms with Gasteiger partial charge < -0.3 is 10.2 Å². The highest BCUT2D eigenvalue weighted by molar-refractivity contribution is 5.87. The summed E-state index contributed by atoms with van der Waals surface area (Å²) in [5.74, 6) is -0.604. The first-order chi connectivity index (χ1) is 5.77. The van der Waals surface area contributed by atoms with Crippen molar-refractivity contribution in [3.63, 3.8) is 0 Å². The van der Waals surface area contributed by atoms with Gasteiger partial charge in [-0.25, -0.2) is 4.79 Å². The van der Waals surface area contributed by atoms with E-state index in [1.54, 1.807) is 18.2 Å². The molecule has 0 aliphatic rings. The molecule has 1 heterocycles. The van der Waals surface area contributed by atoms with E-state index < -0.39 is 5.76 Å². The fourth-order valence-corrected chi connectivity index (χ4v) is 1.03. The quantitative estimate of drug-likeness (QED) is 0.581. The number of rotatable bonds is 0. The number of benzene rings is 1. The minimum atomic E-state index is -0.604. The summed E-state index contributed by atoms with van der Waals surface area (Å²) >= 11 is 0. The number of hydrogen-bond donors (Lipinski definition) is 1. The third-order valence-electron chi connectivity index (χ3n) is 1.60. The zero-order chi connectivity index (χ0) is 8.55. The summed E-state index contributed by atoms with van der Waals surface area (Å²) in [6.07, 6.45) is 1.41. The van der Waals surface area contributed by atoms with Crippen LogP contribution >= 0.6 is 0 Å². The van der Waals surface area contributed by atoms with Crippen LogP contribution in [0, 0.1) is 0 Å². The van der Waals surface area contributed by atoms with Gasteiger partial charge in [-0.1, -0.05) is 6.07 Å². The average molecular weight is 162 g/mol. The van der Waals surface area contributed by atoms with Gasteiger partial charge in [0.2, 0.25) is 0 Å². The average Bonchev–Trinajstić information content (AvgIpc) is 2.04. The first-order valence-electron chi connectivity index (χ1n) is 3.42. The Kier molecular flexibility index (Phi) is 1.33. The molecule has 12 heavy (non-hydrogen) atoms. The third kappa shape index (κ3) is 0.934. The van der Waals surface area contributed by atoms with Gasteiger partial charge in [0.15, 0.2) is 0 Å². The fraction of sp³-hybridized carbons (Fsp3) is 0. The Morgan fingerprint density at radius 1 is 1.42 bits per heavy atom. The van der Waals surface area contributed by atoms with Crippen LogP contribution in [0.4, 0.5) is 5.69 Å². The number of aromatic nitrogens is 1. The summed E-state index contributed by atoms with van der Waals surface area (Å²) in [7, 11) is 0. The van der Waals surface area contributed by atoms with E-state index in [0.29, 0.717) is 16.7 Å². The van der Waals surface area contributed by atoms with E-state index in [0.717, 1.165) is 0 Å². The highest BCUT2D eigenvalue weighted by Gasteiger charge is 1.99. The Bertz CT molecular complexity index is 476. The monoisotopic (exact) mass is 162 g/mol. The van der Waals surface area contributed by atoms with Crippen molar-refractivity contribution in [3.8, 4) is 0 Å². The van der Waals surface area contributed by atoms with E-state index in [-0.39, 0.29) is 0 Å². The zero-order valence-corrected chi connectivity index (χ0v) is 6.15. The van der Waals surface area contributed by atoms with Crippen LogP contribution in [0.1, 0.15) is 0 Å². The molecule has 1 aromatic carbocycles. The van der Waals surface area contributed by atoms with E-state index in [9.17, 15) is 4.79 Å². The lowest BCUT2D eigenvalue weighted by Gasteiger charge is -1.96. The van der Waals surface area contributed by atoms with Crippen molar-refractivity contribution in [2.75, 3.05) is 5.73 Å². The molecule has 2 N–H and O–H groups in total. The molecule has 60 valence electrons. The number of hydrogen-bond acceptors (Lipinski definition) is 4. The van der Waals surface area contributed by atoms with E-state index >= 15 is 0 Å². The Morgan fingerprint density at radius 2 is 2.25 bits per heavy atom. The number of nitrogens with two attached hydrogens (primary N) is 1. The second-order valence-corrected chi connectivity index (χ2v) is 2.39. The van der Waals surface area contributed by atoms with Crippen molar-refractivity contribution in [2.45, 2.75) is 0 Å². The zero-order valence-electron chi connectivity index (χ0n) is 6.15. The molecule has 2 rings (SSSR count). The summed E-state index contributed by atoms with van der Waals surface area (Å²) in [5, 5.41) is 0.664. The van der Waals surface area contributed by atoms with Crippen LogP contribution in [-0.4, -0.2) is 4.98 Å².